The maximum absolute atomic E-state index is 12.0. The molecule has 0 aromatic carbocycles. The van der Waals surface area contributed by atoms with Crippen molar-refractivity contribution in [3.05, 3.63) is 46.5 Å². The molecule has 0 unspecified atom stereocenters. The van der Waals surface area contributed by atoms with Crippen molar-refractivity contribution >= 4 is 28.6 Å². The Morgan fingerprint density at radius 3 is 3.05 bits per heavy atom. The minimum Gasteiger partial charge on any atom is -0.323 e. The van der Waals surface area contributed by atoms with Crippen LogP contribution in [0, 0.1) is 0 Å². The van der Waals surface area contributed by atoms with Crippen LogP contribution in [-0.4, -0.2) is 20.5 Å². The molecule has 102 valence electrons. The fourth-order valence-corrected chi connectivity index (χ4v) is 2.74. The van der Waals surface area contributed by atoms with Gasteiger partial charge in [0.1, 0.15) is 5.82 Å². The van der Waals surface area contributed by atoms with Gasteiger partial charge in [0.15, 0.2) is 5.65 Å². The summed E-state index contributed by atoms with van der Waals surface area (Å²) in [5, 5.41) is 15.1. The smallest absolute Gasteiger partial charge is 0.228 e. The van der Waals surface area contributed by atoms with Crippen molar-refractivity contribution in [1.82, 2.24) is 14.6 Å². The Hall–Kier alpha value is -2.21. The summed E-state index contributed by atoms with van der Waals surface area (Å²) in [6.07, 6.45) is 3.08. The molecule has 0 aliphatic carbocycles. The molecule has 0 saturated carbocycles. The topological polar surface area (TPSA) is 59.3 Å². The normalized spacial score (nSPS) is 10.8. The summed E-state index contributed by atoms with van der Waals surface area (Å²) < 4.78 is 1.90. The molecule has 1 N–H and O–H groups in total. The number of hydrogen-bond acceptors (Lipinski definition) is 4. The highest BCUT2D eigenvalue weighted by atomic mass is 32.1. The molecular formula is C14H14N4OS. The lowest BCUT2D eigenvalue weighted by molar-refractivity contribution is -0.115. The van der Waals surface area contributed by atoms with Crippen LogP contribution in [0.4, 0.5) is 5.69 Å². The number of aromatic nitrogens is 3. The molecule has 0 radical (unpaired) electrons. The van der Waals surface area contributed by atoms with Crippen molar-refractivity contribution in [1.29, 1.82) is 0 Å². The van der Waals surface area contributed by atoms with E-state index in [0.29, 0.717) is 17.8 Å². The minimum absolute atomic E-state index is 0.0439. The number of carbonyl (C=O) groups excluding carboxylic acids is 1. The van der Waals surface area contributed by atoms with E-state index in [9.17, 15) is 4.79 Å². The molecule has 3 heterocycles. The number of anilines is 1. The van der Waals surface area contributed by atoms with Gasteiger partial charge in [-0.3, -0.25) is 9.20 Å². The number of pyridine rings is 1. The fourth-order valence-electron chi connectivity index (χ4n) is 2.08. The van der Waals surface area contributed by atoms with Crippen molar-refractivity contribution in [2.45, 2.75) is 19.8 Å². The van der Waals surface area contributed by atoms with Gasteiger partial charge >= 0.3 is 0 Å². The maximum Gasteiger partial charge on any atom is 0.228 e. The number of nitrogens with one attached hydrogen (secondary N) is 1. The third-order valence-electron chi connectivity index (χ3n) is 3.04. The van der Waals surface area contributed by atoms with E-state index in [4.69, 9.17) is 0 Å². The summed E-state index contributed by atoms with van der Waals surface area (Å²) in [4.78, 5) is 12.0. The van der Waals surface area contributed by atoms with Gasteiger partial charge in [0.25, 0.3) is 0 Å². The third kappa shape index (κ3) is 2.42. The van der Waals surface area contributed by atoms with E-state index in [1.165, 1.54) is 0 Å². The van der Waals surface area contributed by atoms with Crippen molar-refractivity contribution in [3.63, 3.8) is 0 Å². The highest BCUT2D eigenvalue weighted by Crippen LogP contribution is 2.16. The van der Waals surface area contributed by atoms with Gasteiger partial charge in [0, 0.05) is 12.6 Å². The summed E-state index contributed by atoms with van der Waals surface area (Å²) in [6, 6.07) is 5.68. The van der Waals surface area contributed by atoms with Crippen LogP contribution in [0.1, 0.15) is 18.3 Å². The first-order valence-electron chi connectivity index (χ1n) is 6.41. The molecular weight excluding hydrogens is 272 g/mol. The summed E-state index contributed by atoms with van der Waals surface area (Å²) in [5.41, 5.74) is 2.40. The second-order valence-corrected chi connectivity index (χ2v) is 5.22. The molecule has 6 heteroatoms. The lowest BCUT2D eigenvalue weighted by Gasteiger charge is -2.06. The first-order valence-corrected chi connectivity index (χ1v) is 7.35. The predicted octanol–water partition coefficient (Wildman–Crippen LogP) is 2.53. The first-order chi connectivity index (χ1) is 9.78. The van der Waals surface area contributed by atoms with Gasteiger partial charge in [-0.15, -0.1) is 10.2 Å². The Morgan fingerprint density at radius 2 is 2.30 bits per heavy atom. The van der Waals surface area contributed by atoms with Crippen molar-refractivity contribution in [2.24, 2.45) is 0 Å². The zero-order chi connectivity index (χ0) is 13.9. The van der Waals surface area contributed by atoms with E-state index in [-0.39, 0.29) is 5.91 Å². The van der Waals surface area contributed by atoms with Gasteiger partial charge in [-0.25, -0.2) is 0 Å². The average molecular weight is 286 g/mol. The van der Waals surface area contributed by atoms with Gasteiger partial charge in [0.2, 0.25) is 5.91 Å². The molecule has 1 amide bonds. The van der Waals surface area contributed by atoms with Gasteiger partial charge in [-0.05, 0) is 34.5 Å². The molecule has 0 aliphatic heterocycles. The Bertz CT molecular complexity index is 733. The number of fused-ring (bicyclic) bond motifs is 1. The maximum atomic E-state index is 12.0. The van der Waals surface area contributed by atoms with Gasteiger partial charge < -0.3 is 5.32 Å². The largest absolute Gasteiger partial charge is 0.323 e. The number of carbonyl (C=O) groups is 1. The number of thiophene rings is 1. The molecule has 3 rings (SSSR count). The summed E-state index contributed by atoms with van der Waals surface area (Å²) in [6.45, 7) is 2.03. The van der Waals surface area contributed by atoms with E-state index in [1.807, 2.05) is 46.5 Å². The predicted molar refractivity (Wildman–Crippen MR) is 79.0 cm³/mol. The second-order valence-electron chi connectivity index (χ2n) is 4.44. The van der Waals surface area contributed by atoms with Gasteiger partial charge in [-0.2, -0.15) is 11.3 Å². The van der Waals surface area contributed by atoms with Crippen LogP contribution in [0.15, 0.2) is 35.2 Å². The van der Waals surface area contributed by atoms with Crippen LogP contribution in [0.3, 0.4) is 0 Å². The Labute approximate surface area is 120 Å². The van der Waals surface area contributed by atoms with E-state index in [1.54, 1.807) is 11.3 Å². The van der Waals surface area contributed by atoms with Gasteiger partial charge in [0.05, 0.1) is 12.1 Å². The second kappa shape index (κ2) is 5.42. The number of hydrogen-bond donors (Lipinski definition) is 1. The van der Waals surface area contributed by atoms with E-state index in [2.05, 4.69) is 15.5 Å². The molecule has 0 spiro atoms. The molecule has 0 atom stereocenters. The number of amides is 1. The van der Waals surface area contributed by atoms with E-state index < -0.39 is 0 Å². The monoisotopic (exact) mass is 286 g/mol. The highest BCUT2D eigenvalue weighted by Gasteiger charge is 2.10. The average Bonchev–Trinajstić information content (AvgIpc) is 3.07. The van der Waals surface area contributed by atoms with Crippen LogP contribution in [-0.2, 0) is 17.6 Å². The molecule has 20 heavy (non-hydrogen) atoms. The number of nitrogens with zero attached hydrogens (tertiary/aromatic N) is 3. The zero-order valence-corrected chi connectivity index (χ0v) is 11.9. The molecule has 0 saturated heterocycles. The minimum atomic E-state index is -0.0439. The molecule has 0 aliphatic rings. The fraction of sp³-hybridized carbons (Fsp3) is 0.214. The number of rotatable bonds is 4. The van der Waals surface area contributed by atoms with Crippen molar-refractivity contribution in [2.75, 3.05) is 5.32 Å². The zero-order valence-electron chi connectivity index (χ0n) is 11.0. The highest BCUT2D eigenvalue weighted by molar-refractivity contribution is 7.08. The summed E-state index contributed by atoms with van der Waals surface area (Å²) >= 11 is 1.59. The standard InChI is InChI=1S/C14H14N4OS/c1-2-12-16-17-14-11(4-3-6-18(12)14)15-13(19)8-10-5-7-20-9-10/h3-7,9H,2,8H2,1H3,(H,15,19). The lowest BCUT2D eigenvalue weighted by Crippen LogP contribution is -2.14. The Balaban J connectivity index is 1.83. The van der Waals surface area contributed by atoms with Gasteiger partial charge in [-0.1, -0.05) is 6.92 Å². The van der Waals surface area contributed by atoms with Crippen LogP contribution in [0.25, 0.3) is 5.65 Å². The SMILES string of the molecule is CCc1nnc2c(NC(=O)Cc3ccsc3)cccn12. The molecule has 3 aromatic rings. The van der Waals surface area contributed by atoms with E-state index >= 15 is 0 Å². The van der Waals surface area contributed by atoms with Crippen molar-refractivity contribution in [3.8, 4) is 0 Å². The van der Waals surface area contributed by atoms with Crippen LogP contribution in [0.5, 0.6) is 0 Å². The number of aryl methyl sites for hydroxylation is 1. The van der Waals surface area contributed by atoms with E-state index in [0.717, 1.165) is 17.8 Å². The molecule has 5 nitrogen and oxygen atoms in total. The Morgan fingerprint density at radius 1 is 1.40 bits per heavy atom. The van der Waals surface area contributed by atoms with Crippen LogP contribution in [0.2, 0.25) is 0 Å². The molecule has 0 fully saturated rings. The first kappa shape index (κ1) is 12.8. The Kier molecular flexibility index (Phi) is 3.47. The third-order valence-corrected chi connectivity index (χ3v) is 3.77. The summed E-state index contributed by atoms with van der Waals surface area (Å²) in [5.74, 6) is 0.839. The van der Waals surface area contributed by atoms with Crippen molar-refractivity contribution < 1.29 is 4.79 Å². The molecule has 3 aromatic heterocycles. The van der Waals surface area contributed by atoms with Crippen LogP contribution < -0.4 is 5.32 Å². The summed E-state index contributed by atoms with van der Waals surface area (Å²) in [7, 11) is 0. The lowest BCUT2D eigenvalue weighted by atomic mass is 10.2. The van der Waals surface area contributed by atoms with Crippen LogP contribution >= 0.6 is 11.3 Å². The quantitative estimate of drug-likeness (QED) is 0.801. The molecule has 0 bridgehead atoms.